The predicted octanol–water partition coefficient (Wildman–Crippen LogP) is 3.50. The molecule has 0 fully saturated rings. The Morgan fingerprint density at radius 3 is 2.58 bits per heavy atom. The topological polar surface area (TPSA) is 78.7 Å². The molecule has 7 nitrogen and oxygen atoms in total. The summed E-state index contributed by atoms with van der Waals surface area (Å²) in [5.41, 5.74) is 2.54. The van der Waals surface area contributed by atoms with Crippen LogP contribution in [-0.4, -0.2) is 44.7 Å². The van der Waals surface area contributed by atoms with Gasteiger partial charge in [0.2, 0.25) is 11.8 Å². The highest BCUT2D eigenvalue weighted by atomic mass is 16.3. The summed E-state index contributed by atoms with van der Waals surface area (Å²) < 4.78 is 1.85. The van der Waals surface area contributed by atoms with Crippen LogP contribution in [0.1, 0.15) is 63.0 Å². The van der Waals surface area contributed by atoms with Gasteiger partial charge in [-0.3, -0.25) is 14.3 Å². The van der Waals surface area contributed by atoms with Crippen LogP contribution in [-0.2, 0) is 29.3 Å². The molecule has 0 aliphatic carbocycles. The maximum absolute atomic E-state index is 13.1. The Labute approximate surface area is 184 Å². The highest BCUT2D eigenvalue weighted by Crippen LogP contribution is 2.26. The monoisotopic (exact) mass is 426 g/mol. The molecule has 2 heterocycles. The smallest absolute Gasteiger partial charge is 0.223 e. The number of fused-ring (bicyclic) bond motifs is 1. The average molecular weight is 427 g/mol. The van der Waals surface area contributed by atoms with Crippen LogP contribution in [0.25, 0.3) is 0 Å². The summed E-state index contributed by atoms with van der Waals surface area (Å²) in [6.07, 6.45) is 10.1. The van der Waals surface area contributed by atoms with Crippen LogP contribution in [0.3, 0.4) is 0 Å². The van der Waals surface area contributed by atoms with Crippen LogP contribution in [0, 0.1) is 0 Å². The van der Waals surface area contributed by atoms with Crippen LogP contribution in [0.4, 0.5) is 5.69 Å². The van der Waals surface area contributed by atoms with Crippen molar-refractivity contribution in [1.82, 2.24) is 14.7 Å². The van der Waals surface area contributed by atoms with Gasteiger partial charge in [0.15, 0.2) is 0 Å². The molecule has 31 heavy (non-hydrogen) atoms. The van der Waals surface area contributed by atoms with E-state index in [0.29, 0.717) is 19.5 Å². The van der Waals surface area contributed by atoms with E-state index in [2.05, 4.69) is 5.10 Å². The molecule has 1 N–H and O–H groups in total. The minimum absolute atomic E-state index is 0.00880. The van der Waals surface area contributed by atoms with Crippen LogP contribution < -0.4 is 4.90 Å². The Bertz CT molecular complexity index is 851. The van der Waals surface area contributed by atoms with Gasteiger partial charge in [0.1, 0.15) is 0 Å². The molecule has 0 atom stereocenters. The third-order valence-corrected chi connectivity index (χ3v) is 5.86. The van der Waals surface area contributed by atoms with E-state index >= 15 is 0 Å². The molecule has 1 aliphatic rings. The fourth-order valence-corrected chi connectivity index (χ4v) is 4.12. The van der Waals surface area contributed by atoms with Crippen molar-refractivity contribution >= 4 is 17.5 Å². The summed E-state index contributed by atoms with van der Waals surface area (Å²) in [6, 6.07) is 7.61. The number of anilines is 1. The molecule has 0 saturated heterocycles. The number of aryl methyl sites for hydroxylation is 1. The molecular formula is C24H34N4O3. The van der Waals surface area contributed by atoms with Crippen molar-refractivity contribution in [2.75, 3.05) is 18.0 Å². The Kier molecular flexibility index (Phi) is 8.64. The van der Waals surface area contributed by atoms with E-state index in [1.807, 2.05) is 40.0 Å². The number of carbonyl (C=O) groups excluding carboxylic acids is 2. The van der Waals surface area contributed by atoms with Crippen LogP contribution >= 0.6 is 0 Å². The molecule has 0 unspecified atom stereocenters. The van der Waals surface area contributed by atoms with Crippen molar-refractivity contribution in [3.05, 3.63) is 47.8 Å². The Morgan fingerprint density at radius 1 is 1.10 bits per heavy atom. The van der Waals surface area contributed by atoms with Crippen LogP contribution in [0.5, 0.6) is 0 Å². The Hall–Kier alpha value is -2.67. The molecule has 3 rings (SSSR count). The van der Waals surface area contributed by atoms with E-state index in [0.717, 1.165) is 68.4 Å². The third-order valence-electron chi connectivity index (χ3n) is 5.86. The van der Waals surface area contributed by atoms with Crippen molar-refractivity contribution in [2.45, 2.75) is 71.6 Å². The summed E-state index contributed by atoms with van der Waals surface area (Å²) in [4.78, 5) is 29.2. The standard InChI is InChI=1S/C24H34N4O3/c1-20(30)28-16-6-4-2-3-5-13-26(18-22-11-10-21(19-29)17-23(22)28)24(31)9-7-14-27-15-8-12-25-27/h8,10-12,15,17,29H,2-7,9,13-14,16,18-19H2,1H3. The molecule has 2 aromatic rings. The van der Waals surface area contributed by atoms with E-state index < -0.39 is 0 Å². The molecular weight excluding hydrogens is 392 g/mol. The second-order valence-corrected chi connectivity index (χ2v) is 8.25. The maximum Gasteiger partial charge on any atom is 0.223 e. The maximum atomic E-state index is 13.1. The number of benzene rings is 1. The average Bonchev–Trinajstić information content (AvgIpc) is 3.27. The second-order valence-electron chi connectivity index (χ2n) is 8.25. The van der Waals surface area contributed by atoms with Crippen LogP contribution in [0.2, 0.25) is 0 Å². The first-order valence-corrected chi connectivity index (χ1v) is 11.3. The zero-order valence-corrected chi connectivity index (χ0v) is 18.5. The first-order valence-electron chi connectivity index (χ1n) is 11.3. The van der Waals surface area contributed by atoms with E-state index in [1.165, 1.54) is 0 Å². The molecule has 2 amide bonds. The SMILES string of the molecule is CC(=O)N1CCCCCCCN(C(=O)CCCn2cccn2)Cc2ccc(CO)cc21. The lowest BCUT2D eigenvalue weighted by Crippen LogP contribution is -2.35. The predicted molar refractivity (Wildman–Crippen MR) is 120 cm³/mol. The summed E-state index contributed by atoms with van der Waals surface area (Å²) >= 11 is 0. The fraction of sp³-hybridized carbons (Fsp3) is 0.542. The highest BCUT2D eigenvalue weighted by Gasteiger charge is 2.21. The second kappa shape index (κ2) is 11.6. The Balaban J connectivity index is 1.79. The molecule has 1 aromatic carbocycles. The molecule has 0 radical (unpaired) electrons. The summed E-state index contributed by atoms with van der Waals surface area (Å²) in [5, 5.41) is 13.8. The summed E-state index contributed by atoms with van der Waals surface area (Å²) in [5.74, 6) is 0.126. The van der Waals surface area contributed by atoms with Gasteiger partial charge in [0.05, 0.1) is 6.61 Å². The van der Waals surface area contributed by atoms with E-state index in [-0.39, 0.29) is 18.4 Å². The Morgan fingerprint density at radius 2 is 1.87 bits per heavy atom. The van der Waals surface area contributed by atoms with Gasteiger partial charge < -0.3 is 14.9 Å². The largest absolute Gasteiger partial charge is 0.392 e. The van der Waals surface area contributed by atoms with Crippen molar-refractivity contribution in [1.29, 1.82) is 0 Å². The number of aliphatic hydroxyl groups excluding tert-OH is 1. The summed E-state index contributed by atoms with van der Waals surface area (Å²) in [7, 11) is 0. The van der Waals surface area contributed by atoms with Gasteiger partial charge in [-0.05, 0) is 42.5 Å². The van der Waals surface area contributed by atoms with Gasteiger partial charge in [0.25, 0.3) is 0 Å². The number of aliphatic hydroxyl groups is 1. The third kappa shape index (κ3) is 6.66. The molecule has 0 saturated carbocycles. The first kappa shape index (κ1) is 23.0. The number of aromatic nitrogens is 2. The number of hydrogen-bond acceptors (Lipinski definition) is 4. The van der Waals surface area contributed by atoms with E-state index in [4.69, 9.17) is 0 Å². The lowest BCUT2D eigenvalue weighted by Gasteiger charge is -2.29. The highest BCUT2D eigenvalue weighted by molar-refractivity contribution is 5.92. The zero-order valence-electron chi connectivity index (χ0n) is 18.5. The molecule has 0 spiro atoms. The molecule has 1 aromatic heterocycles. The van der Waals surface area contributed by atoms with Crippen molar-refractivity contribution in [3.63, 3.8) is 0 Å². The van der Waals surface area contributed by atoms with Crippen molar-refractivity contribution in [2.24, 2.45) is 0 Å². The molecule has 0 bridgehead atoms. The van der Waals surface area contributed by atoms with Gasteiger partial charge in [-0.1, -0.05) is 31.4 Å². The minimum atomic E-state index is -0.0743. The lowest BCUT2D eigenvalue weighted by molar-refractivity contribution is -0.132. The van der Waals surface area contributed by atoms with E-state index in [9.17, 15) is 14.7 Å². The minimum Gasteiger partial charge on any atom is -0.392 e. The number of hydrogen-bond donors (Lipinski definition) is 1. The van der Waals surface area contributed by atoms with E-state index in [1.54, 1.807) is 18.0 Å². The van der Waals surface area contributed by atoms with Gasteiger partial charge in [-0.15, -0.1) is 0 Å². The van der Waals surface area contributed by atoms with Crippen molar-refractivity contribution in [3.8, 4) is 0 Å². The van der Waals surface area contributed by atoms with Crippen LogP contribution in [0.15, 0.2) is 36.7 Å². The quantitative estimate of drug-likeness (QED) is 0.794. The number of amides is 2. The lowest BCUT2D eigenvalue weighted by atomic mass is 10.0. The molecule has 1 aliphatic heterocycles. The van der Waals surface area contributed by atoms with Gasteiger partial charge in [-0.25, -0.2) is 0 Å². The molecule has 7 heteroatoms. The van der Waals surface area contributed by atoms with Gasteiger partial charge in [0, 0.05) is 57.6 Å². The number of rotatable bonds is 5. The van der Waals surface area contributed by atoms with Gasteiger partial charge in [-0.2, -0.15) is 5.10 Å². The fourth-order valence-electron chi connectivity index (χ4n) is 4.12. The number of nitrogens with zero attached hydrogens (tertiary/aromatic N) is 4. The summed E-state index contributed by atoms with van der Waals surface area (Å²) in [6.45, 7) is 4.10. The van der Waals surface area contributed by atoms with Crippen molar-refractivity contribution < 1.29 is 14.7 Å². The number of carbonyl (C=O) groups is 2. The van der Waals surface area contributed by atoms with Gasteiger partial charge >= 0.3 is 0 Å². The molecule has 168 valence electrons. The first-order chi connectivity index (χ1) is 15.1. The zero-order chi connectivity index (χ0) is 22.1. The normalized spacial score (nSPS) is 15.7.